The van der Waals surface area contributed by atoms with E-state index in [1.54, 1.807) is 24.3 Å². The third-order valence-corrected chi connectivity index (χ3v) is 1.84. The molecule has 0 aromatic heterocycles. The van der Waals surface area contributed by atoms with Crippen LogP contribution in [0.25, 0.3) is 0 Å². The second kappa shape index (κ2) is 2.59. The largest absolute Gasteiger partial charge is 0.424 e. The van der Waals surface area contributed by atoms with Gasteiger partial charge < -0.3 is 4.74 Å². The van der Waals surface area contributed by atoms with Gasteiger partial charge in [0.1, 0.15) is 5.75 Å². The highest BCUT2D eigenvalue weighted by atomic mass is 19.1. The van der Waals surface area contributed by atoms with Crippen LogP contribution in [-0.4, -0.2) is 12.1 Å². The van der Waals surface area contributed by atoms with Gasteiger partial charge in [0.05, 0.1) is 0 Å². The number of carbonyl (C=O) groups excluding carboxylic acids is 1. The molecule has 0 amide bonds. The van der Waals surface area contributed by atoms with Gasteiger partial charge in [0, 0.05) is 6.42 Å². The lowest BCUT2D eigenvalue weighted by Gasteiger charge is -2.17. The minimum Gasteiger partial charge on any atom is -0.424 e. The molecule has 1 aliphatic heterocycles. The molecule has 12 heavy (non-hydrogen) atoms. The quantitative estimate of drug-likeness (QED) is 0.431. The number of esters is 1. The lowest BCUT2D eigenvalue weighted by Crippen LogP contribution is -2.28. The number of hydrogen-bond donors (Lipinski definition) is 0. The Kier molecular flexibility index (Phi) is 1.57. The summed E-state index contributed by atoms with van der Waals surface area (Å²) in [5, 5.41) is 0. The molecule has 0 fully saturated rings. The maximum atomic E-state index is 12.8. The summed E-state index contributed by atoms with van der Waals surface area (Å²) >= 11 is 0. The van der Waals surface area contributed by atoms with Gasteiger partial charge >= 0.3 is 5.97 Å². The van der Waals surface area contributed by atoms with Gasteiger partial charge in [-0.1, -0.05) is 18.2 Å². The number of halogens is 1. The molecule has 3 heteroatoms. The number of para-hydroxylation sites is 1. The average Bonchev–Trinajstić information content (AvgIpc) is 2.07. The lowest BCUT2D eigenvalue weighted by atomic mass is 10.1. The first kappa shape index (κ1) is 7.28. The molecule has 0 saturated carbocycles. The number of fused-ring (bicyclic) bond motifs is 1. The minimum absolute atomic E-state index is 0.134. The van der Waals surface area contributed by atoms with E-state index in [0.717, 1.165) is 5.56 Å². The van der Waals surface area contributed by atoms with Crippen LogP contribution in [0.4, 0.5) is 4.39 Å². The molecule has 1 atom stereocenters. The van der Waals surface area contributed by atoms with Crippen LogP contribution in [0.3, 0.4) is 0 Å². The SMILES string of the molecule is O=C1Oc2ccccc2C[C@@H]1F. The molecular formula is C9H7FO2. The molecule has 2 nitrogen and oxygen atoms in total. The van der Waals surface area contributed by atoms with Gasteiger partial charge in [-0.2, -0.15) is 0 Å². The predicted octanol–water partition coefficient (Wildman–Crippen LogP) is 1.49. The van der Waals surface area contributed by atoms with Gasteiger partial charge in [-0.3, -0.25) is 0 Å². The molecule has 0 saturated heterocycles. The number of carbonyl (C=O) groups is 1. The molecular weight excluding hydrogens is 159 g/mol. The number of benzene rings is 1. The van der Waals surface area contributed by atoms with E-state index in [1.165, 1.54) is 0 Å². The highest BCUT2D eigenvalue weighted by Gasteiger charge is 2.27. The molecule has 0 aliphatic carbocycles. The summed E-state index contributed by atoms with van der Waals surface area (Å²) in [4.78, 5) is 10.8. The summed E-state index contributed by atoms with van der Waals surface area (Å²) in [7, 11) is 0. The van der Waals surface area contributed by atoms with Crippen LogP contribution in [0.5, 0.6) is 5.75 Å². The monoisotopic (exact) mass is 166 g/mol. The summed E-state index contributed by atoms with van der Waals surface area (Å²) in [6, 6.07) is 6.98. The van der Waals surface area contributed by atoms with Crippen molar-refractivity contribution in [3.8, 4) is 5.75 Å². The van der Waals surface area contributed by atoms with E-state index in [0.29, 0.717) is 5.75 Å². The zero-order valence-electron chi connectivity index (χ0n) is 6.29. The molecule has 0 bridgehead atoms. The third-order valence-electron chi connectivity index (χ3n) is 1.84. The van der Waals surface area contributed by atoms with E-state index in [9.17, 15) is 9.18 Å². The topological polar surface area (TPSA) is 26.3 Å². The van der Waals surface area contributed by atoms with Crippen LogP contribution in [0.1, 0.15) is 5.56 Å². The Morgan fingerprint density at radius 3 is 3.00 bits per heavy atom. The highest BCUT2D eigenvalue weighted by molar-refractivity contribution is 5.79. The van der Waals surface area contributed by atoms with Crippen molar-refractivity contribution < 1.29 is 13.9 Å². The Hall–Kier alpha value is -1.38. The standard InChI is InChI=1S/C9H7FO2/c10-7-5-6-3-1-2-4-8(6)12-9(7)11/h1-4,7H,5H2/t7-/m0/s1. The second-order valence-electron chi connectivity index (χ2n) is 2.70. The summed E-state index contributed by atoms with van der Waals surface area (Å²) in [5.74, 6) is -0.301. The van der Waals surface area contributed by atoms with Crippen LogP contribution in [0, 0.1) is 0 Å². The third kappa shape index (κ3) is 1.07. The smallest absolute Gasteiger partial charge is 0.346 e. The highest BCUT2D eigenvalue weighted by Crippen LogP contribution is 2.25. The average molecular weight is 166 g/mol. The summed E-state index contributed by atoms with van der Waals surface area (Å²) < 4.78 is 17.5. The lowest BCUT2D eigenvalue weighted by molar-refractivity contribution is -0.141. The predicted molar refractivity (Wildman–Crippen MR) is 40.7 cm³/mol. The number of ether oxygens (including phenoxy) is 1. The van der Waals surface area contributed by atoms with Crippen molar-refractivity contribution in [1.29, 1.82) is 0 Å². The van der Waals surface area contributed by atoms with Crippen LogP contribution in [-0.2, 0) is 11.2 Å². The summed E-state index contributed by atoms with van der Waals surface area (Å²) in [5.41, 5.74) is 0.754. The Bertz CT molecular complexity index is 322. The van der Waals surface area contributed by atoms with Gasteiger partial charge in [-0.25, -0.2) is 9.18 Å². The van der Waals surface area contributed by atoms with Crippen LogP contribution in [0.2, 0.25) is 0 Å². The Balaban J connectivity index is 2.40. The van der Waals surface area contributed by atoms with E-state index in [4.69, 9.17) is 4.74 Å². The molecule has 0 spiro atoms. The molecule has 0 N–H and O–H groups in total. The van der Waals surface area contributed by atoms with Crippen molar-refractivity contribution in [2.24, 2.45) is 0 Å². The fourth-order valence-electron chi connectivity index (χ4n) is 1.22. The van der Waals surface area contributed by atoms with Crippen molar-refractivity contribution in [2.75, 3.05) is 0 Å². The molecule has 1 aromatic carbocycles. The fourth-order valence-corrected chi connectivity index (χ4v) is 1.22. The van der Waals surface area contributed by atoms with Gasteiger partial charge in [-0.05, 0) is 11.6 Å². The molecule has 0 radical (unpaired) electrons. The van der Waals surface area contributed by atoms with Gasteiger partial charge in [0.2, 0.25) is 6.17 Å². The number of hydrogen-bond acceptors (Lipinski definition) is 2. The van der Waals surface area contributed by atoms with Gasteiger partial charge in [0.25, 0.3) is 0 Å². The molecule has 1 aromatic rings. The summed E-state index contributed by atoms with van der Waals surface area (Å²) in [6.07, 6.45) is -1.37. The molecule has 1 heterocycles. The first-order valence-electron chi connectivity index (χ1n) is 3.71. The Labute approximate surface area is 69.0 Å². The first-order chi connectivity index (χ1) is 5.77. The molecule has 0 unspecified atom stereocenters. The molecule has 2 rings (SSSR count). The van der Waals surface area contributed by atoms with Crippen LogP contribution in [0.15, 0.2) is 24.3 Å². The van der Waals surface area contributed by atoms with Gasteiger partial charge in [-0.15, -0.1) is 0 Å². The zero-order valence-corrected chi connectivity index (χ0v) is 6.29. The zero-order chi connectivity index (χ0) is 8.55. The minimum atomic E-state index is -1.50. The molecule has 1 aliphatic rings. The Morgan fingerprint density at radius 2 is 2.17 bits per heavy atom. The van der Waals surface area contributed by atoms with E-state index in [1.807, 2.05) is 0 Å². The summed E-state index contributed by atoms with van der Waals surface area (Å²) in [6.45, 7) is 0. The van der Waals surface area contributed by atoms with Crippen molar-refractivity contribution in [3.05, 3.63) is 29.8 Å². The van der Waals surface area contributed by atoms with Crippen LogP contribution < -0.4 is 4.74 Å². The van der Waals surface area contributed by atoms with Crippen molar-refractivity contribution in [2.45, 2.75) is 12.6 Å². The van der Waals surface area contributed by atoms with E-state index in [-0.39, 0.29) is 6.42 Å². The number of alkyl halides is 1. The van der Waals surface area contributed by atoms with Crippen molar-refractivity contribution in [1.82, 2.24) is 0 Å². The maximum Gasteiger partial charge on any atom is 0.346 e. The van der Waals surface area contributed by atoms with E-state index < -0.39 is 12.1 Å². The van der Waals surface area contributed by atoms with Crippen LogP contribution >= 0.6 is 0 Å². The molecule has 62 valence electrons. The van der Waals surface area contributed by atoms with E-state index >= 15 is 0 Å². The fraction of sp³-hybridized carbons (Fsp3) is 0.222. The Morgan fingerprint density at radius 1 is 1.42 bits per heavy atom. The first-order valence-corrected chi connectivity index (χ1v) is 3.71. The van der Waals surface area contributed by atoms with E-state index in [2.05, 4.69) is 0 Å². The maximum absolute atomic E-state index is 12.8. The number of rotatable bonds is 0. The van der Waals surface area contributed by atoms with Crippen molar-refractivity contribution >= 4 is 5.97 Å². The van der Waals surface area contributed by atoms with Gasteiger partial charge in [0.15, 0.2) is 0 Å². The second-order valence-corrected chi connectivity index (χ2v) is 2.70. The van der Waals surface area contributed by atoms with Crippen molar-refractivity contribution in [3.63, 3.8) is 0 Å². The normalized spacial score (nSPS) is 21.4.